The number of hydrogen-bond acceptors (Lipinski definition) is 4. The van der Waals surface area contributed by atoms with Gasteiger partial charge in [-0.1, -0.05) is 34.1 Å². The van der Waals surface area contributed by atoms with Crippen molar-refractivity contribution in [3.05, 3.63) is 24.2 Å². The van der Waals surface area contributed by atoms with Gasteiger partial charge in [0.05, 0.1) is 12.3 Å². The Morgan fingerprint density at radius 2 is 1.89 bits per heavy atom. The Morgan fingerprint density at radius 1 is 1.18 bits per heavy atom. The fourth-order valence-corrected chi connectivity index (χ4v) is 3.93. The highest BCUT2D eigenvalue weighted by atomic mass is 16.3. The highest BCUT2D eigenvalue weighted by molar-refractivity contribution is 5.74. The Bertz CT molecular complexity index is 537. The van der Waals surface area contributed by atoms with Gasteiger partial charge in [-0.25, -0.2) is 4.79 Å². The standard InChI is InChI=1S/C22H40N4O2/c1-5-24(6-2)14-15-26(18-19(3)4)22(27)23-17-20(21-11-10-16-28-21)25-12-8-7-9-13-25/h10-11,16,19-20H,5-9,12-15,17-18H2,1-4H3,(H,23,27)/t20-/m1/s1. The van der Waals surface area contributed by atoms with Crippen LogP contribution in [0.5, 0.6) is 0 Å². The van der Waals surface area contributed by atoms with E-state index in [4.69, 9.17) is 4.42 Å². The van der Waals surface area contributed by atoms with Crippen molar-refractivity contribution in [3.63, 3.8) is 0 Å². The lowest BCUT2D eigenvalue weighted by atomic mass is 10.1. The molecule has 2 rings (SSSR count). The number of carbonyl (C=O) groups excluding carboxylic acids is 1. The molecular weight excluding hydrogens is 352 g/mol. The van der Waals surface area contributed by atoms with Crippen LogP contribution in [0.1, 0.15) is 58.8 Å². The molecule has 1 aromatic heterocycles. The summed E-state index contributed by atoms with van der Waals surface area (Å²) in [6.45, 7) is 15.9. The van der Waals surface area contributed by atoms with Crippen LogP contribution in [-0.4, -0.2) is 73.1 Å². The monoisotopic (exact) mass is 392 g/mol. The van der Waals surface area contributed by atoms with Gasteiger partial charge < -0.3 is 19.5 Å². The van der Waals surface area contributed by atoms with E-state index in [1.807, 2.05) is 17.0 Å². The molecule has 1 aliphatic rings. The third-order valence-corrected chi connectivity index (χ3v) is 5.60. The summed E-state index contributed by atoms with van der Waals surface area (Å²) < 4.78 is 5.70. The van der Waals surface area contributed by atoms with Gasteiger partial charge in [-0.3, -0.25) is 4.90 Å². The number of piperidine rings is 1. The van der Waals surface area contributed by atoms with Crippen molar-refractivity contribution in [2.24, 2.45) is 5.92 Å². The van der Waals surface area contributed by atoms with E-state index in [9.17, 15) is 4.79 Å². The second-order valence-electron chi connectivity index (χ2n) is 8.18. The van der Waals surface area contributed by atoms with Crippen molar-refractivity contribution in [2.45, 2.75) is 53.0 Å². The maximum atomic E-state index is 13.0. The molecular formula is C22H40N4O2. The number of carbonyl (C=O) groups is 1. The maximum Gasteiger partial charge on any atom is 0.317 e. The number of nitrogens with one attached hydrogen (secondary N) is 1. The number of furan rings is 1. The molecule has 0 unspecified atom stereocenters. The zero-order valence-electron chi connectivity index (χ0n) is 18.3. The van der Waals surface area contributed by atoms with Gasteiger partial charge in [0.1, 0.15) is 5.76 Å². The first-order chi connectivity index (χ1) is 13.5. The number of amides is 2. The SMILES string of the molecule is CCN(CC)CCN(CC(C)C)C(=O)NC[C@H](c1ccco1)N1CCCCC1. The zero-order chi connectivity index (χ0) is 20.4. The van der Waals surface area contributed by atoms with Gasteiger partial charge in [0.15, 0.2) is 0 Å². The molecule has 0 bridgehead atoms. The summed E-state index contributed by atoms with van der Waals surface area (Å²) in [6, 6.07) is 4.11. The van der Waals surface area contributed by atoms with E-state index in [1.165, 1.54) is 19.3 Å². The molecule has 2 heterocycles. The van der Waals surface area contributed by atoms with Crippen LogP contribution in [-0.2, 0) is 0 Å². The Balaban J connectivity index is 1.96. The van der Waals surface area contributed by atoms with E-state index in [1.54, 1.807) is 6.26 Å². The molecule has 1 aromatic rings. The first kappa shape index (κ1) is 22.8. The molecule has 1 atom stereocenters. The molecule has 28 heavy (non-hydrogen) atoms. The Morgan fingerprint density at radius 3 is 2.46 bits per heavy atom. The lowest BCUT2D eigenvalue weighted by Gasteiger charge is -2.34. The van der Waals surface area contributed by atoms with Gasteiger partial charge >= 0.3 is 6.03 Å². The fraction of sp³-hybridized carbons (Fsp3) is 0.773. The first-order valence-electron chi connectivity index (χ1n) is 11.1. The molecule has 1 aliphatic heterocycles. The van der Waals surface area contributed by atoms with Crippen LogP contribution in [0, 0.1) is 5.92 Å². The summed E-state index contributed by atoms with van der Waals surface area (Å²) in [5.74, 6) is 1.39. The predicted molar refractivity (Wildman–Crippen MR) is 114 cm³/mol. The summed E-state index contributed by atoms with van der Waals surface area (Å²) >= 11 is 0. The average molecular weight is 393 g/mol. The average Bonchev–Trinajstić information content (AvgIpc) is 3.23. The van der Waals surface area contributed by atoms with Crippen LogP contribution in [0.25, 0.3) is 0 Å². The molecule has 0 aromatic carbocycles. The number of urea groups is 1. The summed E-state index contributed by atoms with van der Waals surface area (Å²) in [6.07, 6.45) is 5.45. The third kappa shape index (κ3) is 7.13. The van der Waals surface area contributed by atoms with Crippen molar-refractivity contribution < 1.29 is 9.21 Å². The number of nitrogens with zero attached hydrogens (tertiary/aromatic N) is 3. The normalized spacial score (nSPS) is 16.5. The highest BCUT2D eigenvalue weighted by Crippen LogP contribution is 2.24. The van der Waals surface area contributed by atoms with Gasteiger partial charge in [-0.2, -0.15) is 0 Å². The van der Waals surface area contributed by atoms with Crippen molar-refractivity contribution in [2.75, 3.05) is 52.4 Å². The van der Waals surface area contributed by atoms with Crippen LogP contribution < -0.4 is 5.32 Å². The highest BCUT2D eigenvalue weighted by Gasteiger charge is 2.26. The van der Waals surface area contributed by atoms with E-state index >= 15 is 0 Å². The summed E-state index contributed by atoms with van der Waals surface area (Å²) in [5.41, 5.74) is 0. The zero-order valence-corrected chi connectivity index (χ0v) is 18.3. The van der Waals surface area contributed by atoms with Gasteiger partial charge in [-0.05, 0) is 57.1 Å². The predicted octanol–water partition coefficient (Wildman–Crippen LogP) is 3.82. The molecule has 0 aliphatic carbocycles. The Kier molecular flexibility index (Phi) is 9.85. The second kappa shape index (κ2) is 12.1. The molecule has 0 saturated carbocycles. The fourth-order valence-electron chi connectivity index (χ4n) is 3.93. The topological polar surface area (TPSA) is 52.0 Å². The minimum Gasteiger partial charge on any atom is -0.468 e. The molecule has 160 valence electrons. The van der Waals surface area contributed by atoms with Gasteiger partial charge in [-0.15, -0.1) is 0 Å². The molecule has 0 radical (unpaired) electrons. The number of likely N-dealkylation sites (tertiary alicyclic amines) is 1. The summed E-state index contributed by atoms with van der Waals surface area (Å²) in [7, 11) is 0. The summed E-state index contributed by atoms with van der Waals surface area (Å²) in [4.78, 5) is 19.8. The van der Waals surface area contributed by atoms with E-state index in [2.05, 4.69) is 42.8 Å². The van der Waals surface area contributed by atoms with Crippen molar-refractivity contribution in [1.29, 1.82) is 0 Å². The van der Waals surface area contributed by atoms with Crippen molar-refractivity contribution >= 4 is 6.03 Å². The Hall–Kier alpha value is -1.53. The molecule has 2 amide bonds. The van der Waals surface area contributed by atoms with Crippen LogP contribution in [0.2, 0.25) is 0 Å². The van der Waals surface area contributed by atoms with E-state index in [0.29, 0.717) is 12.5 Å². The number of hydrogen-bond donors (Lipinski definition) is 1. The number of likely N-dealkylation sites (N-methyl/N-ethyl adjacent to an activating group) is 1. The quantitative estimate of drug-likeness (QED) is 0.622. The lowest BCUT2D eigenvalue weighted by Crippen LogP contribution is -2.48. The van der Waals surface area contributed by atoms with E-state index in [0.717, 1.165) is 51.6 Å². The van der Waals surface area contributed by atoms with Crippen LogP contribution >= 0.6 is 0 Å². The minimum atomic E-state index is 0.0365. The largest absolute Gasteiger partial charge is 0.468 e. The molecule has 1 N–H and O–H groups in total. The van der Waals surface area contributed by atoms with Crippen LogP contribution in [0.3, 0.4) is 0 Å². The lowest BCUT2D eigenvalue weighted by molar-refractivity contribution is 0.137. The summed E-state index contributed by atoms with van der Waals surface area (Å²) in [5, 5.41) is 3.20. The second-order valence-corrected chi connectivity index (χ2v) is 8.18. The molecule has 1 saturated heterocycles. The minimum absolute atomic E-state index is 0.0365. The smallest absolute Gasteiger partial charge is 0.317 e. The van der Waals surface area contributed by atoms with Crippen molar-refractivity contribution in [1.82, 2.24) is 20.0 Å². The molecule has 1 fully saturated rings. The van der Waals surface area contributed by atoms with E-state index < -0.39 is 0 Å². The van der Waals surface area contributed by atoms with Gasteiger partial charge in [0.2, 0.25) is 0 Å². The maximum absolute atomic E-state index is 13.0. The first-order valence-corrected chi connectivity index (χ1v) is 11.1. The van der Waals surface area contributed by atoms with Crippen LogP contribution in [0.15, 0.2) is 22.8 Å². The number of rotatable bonds is 11. The van der Waals surface area contributed by atoms with Crippen LogP contribution in [0.4, 0.5) is 4.79 Å². The third-order valence-electron chi connectivity index (χ3n) is 5.60. The Labute approximate surface area is 171 Å². The van der Waals surface area contributed by atoms with E-state index in [-0.39, 0.29) is 12.1 Å². The van der Waals surface area contributed by atoms with Gasteiger partial charge in [0.25, 0.3) is 0 Å². The molecule has 6 nitrogen and oxygen atoms in total. The molecule has 0 spiro atoms. The molecule has 6 heteroatoms. The van der Waals surface area contributed by atoms with Gasteiger partial charge in [0, 0.05) is 26.2 Å². The van der Waals surface area contributed by atoms with Crippen molar-refractivity contribution in [3.8, 4) is 0 Å².